The fraction of sp³-hybridized carbons (Fsp3) is 0.381. The van der Waals surface area contributed by atoms with Crippen LogP contribution in [-0.2, 0) is 11.2 Å². The molecule has 0 radical (unpaired) electrons. The van der Waals surface area contributed by atoms with Crippen molar-refractivity contribution in [2.24, 2.45) is 11.8 Å². The summed E-state index contributed by atoms with van der Waals surface area (Å²) in [5, 5.41) is 2.19. The summed E-state index contributed by atoms with van der Waals surface area (Å²) in [6.45, 7) is 6.10. The summed E-state index contributed by atoms with van der Waals surface area (Å²) in [5.41, 5.74) is 2.84. The number of rotatable bonds is 6. The Morgan fingerprint density at radius 3 is 2.46 bits per heavy atom. The quantitative estimate of drug-likeness (QED) is 0.602. The van der Waals surface area contributed by atoms with Crippen LogP contribution < -0.4 is 0 Å². The fourth-order valence-electron chi connectivity index (χ4n) is 3.30. The van der Waals surface area contributed by atoms with Crippen LogP contribution in [-0.4, -0.2) is 15.8 Å². The first-order valence-electron chi connectivity index (χ1n) is 8.77. The third-order valence-corrected chi connectivity index (χ3v) is 4.55. The van der Waals surface area contributed by atoms with Gasteiger partial charge < -0.3 is 0 Å². The van der Waals surface area contributed by atoms with Gasteiger partial charge in [0.1, 0.15) is 5.78 Å². The van der Waals surface area contributed by atoms with Gasteiger partial charge in [0.2, 0.25) is 0 Å². The predicted octanol–water partition coefficient (Wildman–Crippen LogP) is 4.97. The van der Waals surface area contributed by atoms with E-state index in [0.29, 0.717) is 12.2 Å². The van der Waals surface area contributed by atoms with Crippen LogP contribution in [0, 0.1) is 11.8 Å². The van der Waals surface area contributed by atoms with E-state index in [-0.39, 0.29) is 11.8 Å². The molecular formula is C21H24N2O. The number of carbonyl (C=O) groups excluding carboxylic acids is 1. The summed E-state index contributed by atoms with van der Waals surface area (Å²) in [7, 11) is 0. The SMILES string of the molecule is CCCC(Cc1ccc2ccc3cccnc3c2n1)C(=O)C(C)C. The van der Waals surface area contributed by atoms with Crippen molar-refractivity contribution >= 4 is 27.6 Å². The zero-order valence-corrected chi connectivity index (χ0v) is 14.6. The smallest absolute Gasteiger partial charge is 0.138 e. The Kier molecular flexibility index (Phi) is 4.89. The molecule has 24 heavy (non-hydrogen) atoms. The molecule has 0 N–H and O–H groups in total. The normalized spacial score (nSPS) is 12.8. The highest BCUT2D eigenvalue weighted by atomic mass is 16.1. The Bertz CT molecular complexity index is 870. The summed E-state index contributed by atoms with van der Waals surface area (Å²) in [5.74, 6) is 0.474. The maximum atomic E-state index is 12.5. The van der Waals surface area contributed by atoms with Gasteiger partial charge in [-0.15, -0.1) is 0 Å². The van der Waals surface area contributed by atoms with Gasteiger partial charge in [0.25, 0.3) is 0 Å². The van der Waals surface area contributed by atoms with Crippen LogP contribution in [0.2, 0.25) is 0 Å². The van der Waals surface area contributed by atoms with Crippen LogP contribution in [0.3, 0.4) is 0 Å². The second kappa shape index (κ2) is 7.08. The number of ketones is 1. The Morgan fingerprint density at radius 1 is 1.04 bits per heavy atom. The summed E-state index contributed by atoms with van der Waals surface area (Å²) in [6.07, 6.45) is 4.45. The molecular weight excluding hydrogens is 296 g/mol. The molecule has 2 aromatic heterocycles. The first kappa shape index (κ1) is 16.6. The van der Waals surface area contributed by atoms with Crippen molar-refractivity contribution in [1.82, 2.24) is 9.97 Å². The second-order valence-electron chi connectivity index (χ2n) is 6.76. The highest BCUT2D eigenvalue weighted by Gasteiger charge is 2.21. The van der Waals surface area contributed by atoms with Crippen molar-refractivity contribution in [1.29, 1.82) is 0 Å². The molecule has 0 saturated heterocycles. The van der Waals surface area contributed by atoms with Gasteiger partial charge in [-0.1, -0.05) is 51.5 Å². The number of nitrogens with zero attached hydrogens (tertiary/aromatic N) is 2. The molecule has 3 nitrogen and oxygen atoms in total. The van der Waals surface area contributed by atoms with Crippen LogP contribution >= 0.6 is 0 Å². The molecule has 2 heterocycles. The number of fused-ring (bicyclic) bond motifs is 3. The monoisotopic (exact) mass is 320 g/mol. The van der Waals surface area contributed by atoms with Crippen molar-refractivity contribution in [2.45, 2.75) is 40.0 Å². The molecule has 3 rings (SSSR count). The topological polar surface area (TPSA) is 42.9 Å². The van der Waals surface area contributed by atoms with Gasteiger partial charge in [-0.2, -0.15) is 0 Å². The van der Waals surface area contributed by atoms with E-state index in [0.717, 1.165) is 40.3 Å². The third-order valence-electron chi connectivity index (χ3n) is 4.55. The summed E-state index contributed by atoms with van der Waals surface area (Å²) in [6, 6.07) is 12.3. The molecule has 1 aromatic carbocycles. The lowest BCUT2D eigenvalue weighted by atomic mass is 9.87. The van der Waals surface area contributed by atoms with Gasteiger partial charge >= 0.3 is 0 Å². The zero-order valence-electron chi connectivity index (χ0n) is 14.6. The largest absolute Gasteiger partial charge is 0.299 e. The molecule has 0 aliphatic carbocycles. The van der Waals surface area contributed by atoms with Crippen molar-refractivity contribution < 1.29 is 4.79 Å². The molecule has 0 fully saturated rings. The van der Waals surface area contributed by atoms with Crippen LogP contribution in [0.25, 0.3) is 21.8 Å². The van der Waals surface area contributed by atoms with E-state index in [2.05, 4.69) is 36.2 Å². The van der Waals surface area contributed by atoms with Gasteiger partial charge in [-0.25, -0.2) is 0 Å². The maximum absolute atomic E-state index is 12.5. The molecule has 0 saturated carbocycles. The number of pyridine rings is 2. The molecule has 124 valence electrons. The average molecular weight is 320 g/mol. The van der Waals surface area contributed by atoms with Crippen molar-refractivity contribution in [2.75, 3.05) is 0 Å². The van der Waals surface area contributed by atoms with E-state index in [1.807, 2.05) is 26.0 Å². The minimum absolute atomic E-state index is 0.0582. The molecule has 0 aliphatic heterocycles. The minimum atomic E-state index is 0.0582. The minimum Gasteiger partial charge on any atom is -0.299 e. The lowest BCUT2D eigenvalue weighted by Gasteiger charge is -2.17. The number of carbonyl (C=O) groups is 1. The van der Waals surface area contributed by atoms with E-state index >= 15 is 0 Å². The van der Waals surface area contributed by atoms with Crippen LogP contribution in [0.5, 0.6) is 0 Å². The number of hydrogen-bond acceptors (Lipinski definition) is 3. The fourth-order valence-corrected chi connectivity index (χ4v) is 3.30. The predicted molar refractivity (Wildman–Crippen MR) is 99.0 cm³/mol. The Morgan fingerprint density at radius 2 is 1.75 bits per heavy atom. The van der Waals surface area contributed by atoms with E-state index in [1.54, 1.807) is 6.20 Å². The molecule has 0 spiro atoms. The van der Waals surface area contributed by atoms with Crippen molar-refractivity contribution in [3.05, 3.63) is 48.3 Å². The first-order valence-corrected chi connectivity index (χ1v) is 8.77. The maximum Gasteiger partial charge on any atom is 0.138 e. The van der Waals surface area contributed by atoms with Crippen LogP contribution in [0.15, 0.2) is 42.6 Å². The van der Waals surface area contributed by atoms with Gasteiger partial charge in [0, 0.05) is 34.5 Å². The zero-order chi connectivity index (χ0) is 17.1. The average Bonchev–Trinajstić information content (AvgIpc) is 2.60. The first-order chi connectivity index (χ1) is 11.6. The molecule has 1 unspecified atom stereocenters. The lowest BCUT2D eigenvalue weighted by Crippen LogP contribution is -2.22. The summed E-state index contributed by atoms with van der Waals surface area (Å²) in [4.78, 5) is 21.8. The highest BCUT2D eigenvalue weighted by Crippen LogP contribution is 2.24. The Hall–Kier alpha value is -2.29. The Labute approximate surface area is 143 Å². The van der Waals surface area contributed by atoms with E-state index in [1.165, 1.54) is 0 Å². The summed E-state index contributed by atoms with van der Waals surface area (Å²) >= 11 is 0. The summed E-state index contributed by atoms with van der Waals surface area (Å²) < 4.78 is 0. The second-order valence-corrected chi connectivity index (χ2v) is 6.76. The van der Waals surface area contributed by atoms with Gasteiger partial charge in [0.15, 0.2) is 0 Å². The molecule has 0 amide bonds. The number of Topliss-reactive ketones (excluding diaryl/α,β-unsaturated/α-hetero) is 1. The number of hydrogen-bond donors (Lipinski definition) is 0. The highest BCUT2D eigenvalue weighted by molar-refractivity contribution is 6.02. The molecule has 0 aliphatic rings. The van der Waals surface area contributed by atoms with Crippen molar-refractivity contribution in [3.8, 4) is 0 Å². The van der Waals surface area contributed by atoms with Gasteiger partial charge in [-0.05, 0) is 25.0 Å². The van der Waals surface area contributed by atoms with Crippen LogP contribution in [0.1, 0.15) is 39.3 Å². The number of benzene rings is 1. The third kappa shape index (κ3) is 3.30. The Balaban J connectivity index is 2.00. The van der Waals surface area contributed by atoms with Gasteiger partial charge in [0.05, 0.1) is 11.0 Å². The molecule has 3 aromatic rings. The molecule has 1 atom stereocenters. The van der Waals surface area contributed by atoms with Crippen molar-refractivity contribution in [3.63, 3.8) is 0 Å². The van der Waals surface area contributed by atoms with Crippen LogP contribution in [0.4, 0.5) is 0 Å². The molecule has 3 heteroatoms. The standard InChI is InChI=1S/C21H24N2O/c1-4-6-17(21(24)14(2)3)13-18-11-10-16-9-8-15-7-5-12-22-19(15)20(16)23-18/h5,7-12,14,17H,4,6,13H2,1-3H3. The lowest BCUT2D eigenvalue weighted by molar-refractivity contribution is -0.126. The van der Waals surface area contributed by atoms with E-state index in [4.69, 9.17) is 4.98 Å². The van der Waals surface area contributed by atoms with Gasteiger partial charge in [-0.3, -0.25) is 14.8 Å². The number of aromatic nitrogens is 2. The van der Waals surface area contributed by atoms with E-state index in [9.17, 15) is 4.79 Å². The molecule has 0 bridgehead atoms. The van der Waals surface area contributed by atoms with E-state index < -0.39 is 0 Å².